The fourth-order valence-corrected chi connectivity index (χ4v) is 3.35. The number of nitrogens with one attached hydrogen (secondary N) is 2. The Balaban J connectivity index is 1.51. The molecule has 0 saturated heterocycles. The van der Waals surface area contributed by atoms with Crippen LogP contribution in [0.25, 0.3) is 0 Å². The van der Waals surface area contributed by atoms with Gasteiger partial charge in [0.15, 0.2) is 11.5 Å². The lowest BCUT2D eigenvalue weighted by atomic mass is 9.93. The lowest BCUT2D eigenvalue weighted by Crippen LogP contribution is -2.41. The number of methoxy groups -OCH3 is 3. The molecule has 3 rings (SSSR count). The fraction of sp³-hybridized carbons (Fsp3) is 0.450. The summed E-state index contributed by atoms with van der Waals surface area (Å²) in [6, 6.07) is 3.18. The molecular formula is C20H26N4O5. The van der Waals surface area contributed by atoms with Gasteiger partial charge in [0.05, 0.1) is 33.2 Å². The molecule has 156 valence electrons. The number of ether oxygens (including phenoxy) is 4. The van der Waals surface area contributed by atoms with Gasteiger partial charge in [-0.25, -0.2) is 9.78 Å². The number of hydrogen-bond acceptors (Lipinski definition) is 7. The van der Waals surface area contributed by atoms with Crippen LogP contribution in [0.15, 0.2) is 30.7 Å². The Labute approximate surface area is 169 Å². The van der Waals surface area contributed by atoms with Crippen molar-refractivity contribution in [2.75, 3.05) is 26.6 Å². The van der Waals surface area contributed by atoms with Crippen molar-refractivity contribution in [3.63, 3.8) is 0 Å². The molecule has 2 aromatic rings. The summed E-state index contributed by atoms with van der Waals surface area (Å²) in [5.74, 6) is 1.96. The van der Waals surface area contributed by atoms with Gasteiger partial charge in [-0.3, -0.25) is 4.98 Å². The monoisotopic (exact) mass is 402 g/mol. The predicted octanol–water partition coefficient (Wildman–Crippen LogP) is 3.01. The van der Waals surface area contributed by atoms with E-state index in [1.54, 1.807) is 30.7 Å². The van der Waals surface area contributed by atoms with Crippen LogP contribution in [-0.4, -0.2) is 49.5 Å². The highest BCUT2D eigenvalue weighted by Crippen LogP contribution is 2.39. The Morgan fingerprint density at radius 1 is 1.00 bits per heavy atom. The summed E-state index contributed by atoms with van der Waals surface area (Å²) < 4.78 is 21.8. The van der Waals surface area contributed by atoms with Gasteiger partial charge in [-0.15, -0.1) is 0 Å². The van der Waals surface area contributed by atoms with E-state index in [0.717, 1.165) is 25.7 Å². The van der Waals surface area contributed by atoms with Crippen molar-refractivity contribution in [3.05, 3.63) is 30.7 Å². The van der Waals surface area contributed by atoms with Crippen molar-refractivity contribution in [1.82, 2.24) is 15.3 Å². The van der Waals surface area contributed by atoms with Crippen LogP contribution in [0.5, 0.6) is 23.1 Å². The smallest absolute Gasteiger partial charge is 0.319 e. The first-order chi connectivity index (χ1) is 14.1. The van der Waals surface area contributed by atoms with Crippen molar-refractivity contribution in [1.29, 1.82) is 0 Å². The average Bonchev–Trinajstić information content (AvgIpc) is 2.75. The highest BCUT2D eigenvalue weighted by atomic mass is 16.5. The van der Waals surface area contributed by atoms with Gasteiger partial charge < -0.3 is 29.6 Å². The third-order valence-electron chi connectivity index (χ3n) is 4.76. The summed E-state index contributed by atoms with van der Waals surface area (Å²) in [6.07, 6.45) is 8.24. The maximum absolute atomic E-state index is 12.4. The molecule has 1 aromatic heterocycles. The maximum Gasteiger partial charge on any atom is 0.319 e. The van der Waals surface area contributed by atoms with Crippen LogP contribution in [0.1, 0.15) is 25.7 Å². The van der Waals surface area contributed by atoms with Crippen molar-refractivity contribution in [2.24, 2.45) is 0 Å². The SMILES string of the molecule is COc1cc(NC(=O)NC2CCC(Oc3cnccn3)CC2)cc(OC)c1OC. The molecule has 1 aliphatic carbocycles. The van der Waals surface area contributed by atoms with Gasteiger partial charge in [0.1, 0.15) is 6.10 Å². The van der Waals surface area contributed by atoms with Crippen LogP contribution >= 0.6 is 0 Å². The van der Waals surface area contributed by atoms with Gasteiger partial charge in [-0.1, -0.05) is 0 Å². The number of urea groups is 1. The Bertz CT molecular complexity index is 785. The second kappa shape index (κ2) is 9.81. The molecule has 2 N–H and O–H groups in total. The van der Waals surface area contributed by atoms with Crippen LogP contribution in [0.4, 0.5) is 10.5 Å². The number of aromatic nitrogens is 2. The zero-order chi connectivity index (χ0) is 20.6. The molecule has 0 aliphatic heterocycles. The fourth-order valence-electron chi connectivity index (χ4n) is 3.35. The Morgan fingerprint density at radius 3 is 2.24 bits per heavy atom. The minimum absolute atomic E-state index is 0.0822. The van der Waals surface area contributed by atoms with Gasteiger partial charge in [-0.05, 0) is 25.7 Å². The van der Waals surface area contributed by atoms with Crippen LogP contribution in [0.3, 0.4) is 0 Å². The third kappa shape index (κ3) is 5.40. The summed E-state index contributed by atoms with van der Waals surface area (Å²) in [7, 11) is 4.59. The molecule has 9 nitrogen and oxygen atoms in total. The zero-order valence-electron chi connectivity index (χ0n) is 16.8. The van der Waals surface area contributed by atoms with E-state index in [2.05, 4.69) is 20.6 Å². The first kappa shape index (κ1) is 20.5. The average molecular weight is 402 g/mol. The van der Waals surface area contributed by atoms with Crippen molar-refractivity contribution >= 4 is 11.7 Å². The van der Waals surface area contributed by atoms with Gasteiger partial charge >= 0.3 is 6.03 Å². The van der Waals surface area contributed by atoms with Crippen LogP contribution in [0, 0.1) is 0 Å². The summed E-state index contributed by atoms with van der Waals surface area (Å²) in [5, 5.41) is 5.83. The number of hydrogen-bond donors (Lipinski definition) is 2. The first-order valence-electron chi connectivity index (χ1n) is 9.43. The minimum atomic E-state index is -0.280. The molecule has 1 heterocycles. The largest absolute Gasteiger partial charge is 0.493 e. The highest BCUT2D eigenvalue weighted by Gasteiger charge is 2.24. The van der Waals surface area contributed by atoms with Crippen LogP contribution < -0.4 is 29.6 Å². The Hall–Kier alpha value is -3.23. The topological polar surface area (TPSA) is 104 Å². The number of nitrogens with zero attached hydrogens (tertiary/aromatic N) is 2. The number of benzene rings is 1. The molecule has 0 bridgehead atoms. The summed E-state index contributed by atoms with van der Waals surface area (Å²) in [6.45, 7) is 0. The zero-order valence-corrected chi connectivity index (χ0v) is 16.8. The predicted molar refractivity (Wildman–Crippen MR) is 107 cm³/mol. The van der Waals surface area contributed by atoms with E-state index in [1.807, 2.05) is 0 Å². The van der Waals surface area contributed by atoms with E-state index in [4.69, 9.17) is 18.9 Å². The van der Waals surface area contributed by atoms with Crippen molar-refractivity contribution in [3.8, 4) is 23.1 Å². The van der Waals surface area contributed by atoms with Gasteiger partial charge in [-0.2, -0.15) is 0 Å². The molecule has 0 spiro atoms. The van der Waals surface area contributed by atoms with Gasteiger partial charge in [0, 0.05) is 30.6 Å². The van der Waals surface area contributed by atoms with Crippen LogP contribution in [-0.2, 0) is 0 Å². The normalized spacial score (nSPS) is 18.4. The van der Waals surface area contributed by atoms with E-state index >= 15 is 0 Å². The molecule has 1 aliphatic rings. The molecule has 0 atom stereocenters. The highest BCUT2D eigenvalue weighted by molar-refractivity contribution is 5.90. The summed E-state index contributed by atoms with van der Waals surface area (Å²) in [4.78, 5) is 20.6. The maximum atomic E-state index is 12.4. The van der Waals surface area contributed by atoms with E-state index in [9.17, 15) is 4.79 Å². The Morgan fingerprint density at radius 2 is 1.69 bits per heavy atom. The quantitative estimate of drug-likeness (QED) is 0.734. The molecular weight excluding hydrogens is 376 g/mol. The third-order valence-corrected chi connectivity index (χ3v) is 4.76. The standard InChI is InChI=1S/C20H26N4O5/c1-26-16-10-14(11-17(27-2)19(16)28-3)24-20(25)23-13-4-6-15(7-5-13)29-18-12-21-8-9-22-18/h8-13,15H,4-7H2,1-3H3,(H2,23,24,25). The van der Waals surface area contributed by atoms with Crippen molar-refractivity contribution < 1.29 is 23.7 Å². The Kier molecular flexibility index (Phi) is 6.94. The van der Waals surface area contributed by atoms with Gasteiger partial charge in [0.25, 0.3) is 0 Å². The second-order valence-corrected chi connectivity index (χ2v) is 6.65. The molecule has 9 heteroatoms. The lowest BCUT2D eigenvalue weighted by Gasteiger charge is -2.29. The van der Waals surface area contributed by atoms with E-state index in [0.29, 0.717) is 28.8 Å². The molecule has 0 radical (unpaired) electrons. The minimum Gasteiger partial charge on any atom is -0.493 e. The summed E-state index contributed by atoms with van der Waals surface area (Å²) >= 11 is 0. The molecule has 1 aromatic carbocycles. The van der Waals surface area contributed by atoms with Crippen LogP contribution in [0.2, 0.25) is 0 Å². The summed E-state index contributed by atoms with van der Waals surface area (Å²) in [5.41, 5.74) is 0.552. The molecule has 2 amide bonds. The lowest BCUT2D eigenvalue weighted by molar-refractivity contribution is 0.135. The van der Waals surface area contributed by atoms with E-state index in [-0.39, 0.29) is 18.2 Å². The number of rotatable bonds is 7. The first-order valence-corrected chi connectivity index (χ1v) is 9.43. The number of amides is 2. The second-order valence-electron chi connectivity index (χ2n) is 6.65. The van der Waals surface area contributed by atoms with E-state index < -0.39 is 0 Å². The molecule has 29 heavy (non-hydrogen) atoms. The molecule has 1 saturated carbocycles. The number of carbonyl (C=O) groups excluding carboxylic acids is 1. The molecule has 0 unspecified atom stereocenters. The number of anilines is 1. The van der Waals surface area contributed by atoms with Gasteiger partial charge in [0.2, 0.25) is 11.6 Å². The molecule has 1 fully saturated rings. The van der Waals surface area contributed by atoms with Crippen molar-refractivity contribution in [2.45, 2.75) is 37.8 Å². The number of carbonyl (C=O) groups is 1. The van der Waals surface area contributed by atoms with E-state index in [1.165, 1.54) is 21.3 Å².